The quantitative estimate of drug-likeness (QED) is 0.709. The lowest BCUT2D eigenvalue weighted by Gasteiger charge is -2.61. The Morgan fingerprint density at radius 2 is 1.82 bits per heavy atom. The lowest BCUT2D eigenvalue weighted by molar-refractivity contribution is -0.116. The fourth-order valence-corrected chi connectivity index (χ4v) is 4.84. The molecule has 0 spiro atoms. The molecular weight excluding hydrogens is 206 g/mol. The Hall–Kier alpha value is -0.0400. The minimum Gasteiger partial charge on any atom is -0.300 e. The van der Waals surface area contributed by atoms with Gasteiger partial charge in [-0.05, 0) is 48.9 Å². The van der Waals surface area contributed by atoms with Gasteiger partial charge in [-0.3, -0.25) is 4.90 Å². The maximum absolute atomic E-state index is 2.77. The summed E-state index contributed by atoms with van der Waals surface area (Å²) in [5, 5.41) is 0. The summed E-state index contributed by atoms with van der Waals surface area (Å²) < 4.78 is 0. The fourth-order valence-electron chi connectivity index (χ4n) is 4.84. The van der Waals surface area contributed by atoms with Gasteiger partial charge in [-0.15, -0.1) is 0 Å². The number of fused-ring (bicyclic) bond motifs is 1. The zero-order valence-electron chi connectivity index (χ0n) is 12.7. The molecule has 0 bridgehead atoms. The lowest BCUT2D eigenvalue weighted by atomic mass is 9.43. The molecule has 17 heavy (non-hydrogen) atoms. The molecule has 0 amide bonds. The van der Waals surface area contributed by atoms with Gasteiger partial charge < -0.3 is 0 Å². The largest absolute Gasteiger partial charge is 0.300 e. The summed E-state index contributed by atoms with van der Waals surface area (Å²) in [5.41, 5.74) is 1.24. The summed E-state index contributed by atoms with van der Waals surface area (Å²) in [6.45, 7) is 17.3. The van der Waals surface area contributed by atoms with Crippen LogP contribution in [0.5, 0.6) is 0 Å². The highest BCUT2D eigenvalue weighted by Gasteiger charge is 2.66. The zero-order valence-corrected chi connectivity index (χ0v) is 12.7. The molecule has 0 aromatic carbocycles. The molecule has 1 saturated heterocycles. The summed E-state index contributed by atoms with van der Waals surface area (Å²) in [4.78, 5) is 2.77. The second kappa shape index (κ2) is 4.26. The van der Waals surface area contributed by atoms with Gasteiger partial charge in [0.2, 0.25) is 0 Å². The van der Waals surface area contributed by atoms with Crippen LogP contribution in [0.4, 0.5) is 0 Å². The van der Waals surface area contributed by atoms with Crippen molar-refractivity contribution >= 4 is 0 Å². The monoisotopic (exact) mass is 237 g/mol. The third-order valence-electron chi connectivity index (χ3n) is 6.27. The molecule has 2 aliphatic rings. The Balaban J connectivity index is 2.19. The minimum absolute atomic E-state index is 0.611. The van der Waals surface area contributed by atoms with E-state index in [9.17, 15) is 0 Å². The molecule has 4 atom stereocenters. The van der Waals surface area contributed by atoms with Crippen LogP contribution in [0.25, 0.3) is 0 Å². The van der Waals surface area contributed by atoms with Crippen LogP contribution in [0.1, 0.15) is 60.8 Å². The van der Waals surface area contributed by atoms with Crippen molar-refractivity contribution < 1.29 is 0 Å². The average molecular weight is 237 g/mol. The average Bonchev–Trinajstić information content (AvgIpc) is 2.50. The van der Waals surface area contributed by atoms with Crippen LogP contribution in [-0.4, -0.2) is 24.0 Å². The standard InChI is InChI=1S/C16H31N/c1-7-13(5)17-10-15(6)9-14(12(3)4)16(15,8-2)11-17/h12-14H,7-11H2,1-6H3. The highest BCUT2D eigenvalue weighted by molar-refractivity contribution is 5.16. The number of rotatable bonds is 4. The first kappa shape index (κ1) is 13.4. The van der Waals surface area contributed by atoms with Crippen molar-refractivity contribution in [3.63, 3.8) is 0 Å². The Kier molecular flexibility index (Phi) is 3.36. The molecule has 1 saturated carbocycles. The van der Waals surface area contributed by atoms with Crippen molar-refractivity contribution in [2.24, 2.45) is 22.7 Å². The van der Waals surface area contributed by atoms with Gasteiger partial charge in [0.15, 0.2) is 0 Å². The number of nitrogens with zero attached hydrogens (tertiary/aromatic N) is 1. The van der Waals surface area contributed by atoms with Gasteiger partial charge in [-0.2, -0.15) is 0 Å². The van der Waals surface area contributed by atoms with Gasteiger partial charge >= 0.3 is 0 Å². The van der Waals surface area contributed by atoms with Crippen LogP contribution < -0.4 is 0 Å². The van der Waals surface area contributed by atoms with Crippen LogP contribution in [0, 0.1) is 22.7 Å². The number of hydrogen-bond donors (Lipinski definition) is 0. The van der Waals surface area contributed by atoms with Gasteiger partial charge in [0, 0.05) is 19.1 Å². The molecule has 0 aromatic rings. The minimum atomic E-state index is 0.611. The molecule has 1 nitrogen and oxygen atoms in total. The van der Waals surface area contributed by atoms with Gasteiger partial charge in [-0.1, -0.05) is 34.6 Å². The highest BCUT2D eigenvalue weighted by atomic mass is 15.2. The molecule has 4 unspecified atom stereocenters. The Morgan fingerprint density at radius 3 is 2.29 bits per heavy atom. The van der Waals surface area contributed by atoms with Crippen molar-refractivity contribution in [3.05, 3.63) is 0 Å². The van der Waals surface area contributed by atoms with Crippen molar-refractivity contribution in [1.29, 1.82) is 0 Å². The zero-order chi connectivity index (χ0) is 12.8. The van der Waals surface area contributed by atoms with Gasteiger partial charge in [0.05, 0.1) is 0 Å². The molecule has 1 aliphatic heterocycles. The third kappa shape index (κ3) is 1.69. The molecule has 1 heterocycles. The summed E-state index contributed by atoms with van der Waals surface area (Å²) in [6, 6.07) is 0.772. The molecular formula is C16H31N. The van der Waals surface area contributed by atoms with E-state index < -0.39 is 0 Å². The smallest absolute Gasteiger partial charge is 0.00647 e. The SMILES string of the molecule is CCC(C)N1CC2(C)CC(C(C)C)C2(CC)C1. The van der Waals surface area contributed by atoms with E-state index in [1.54, 1.807) is 0 Å². The first-order valence-corrected chi connectivity index (χ1v) is 7.64. The molecule has 0 radical (unpaired) electrons. The molecule has 2 rings (SSSR count). The number of likely N-dealkylation sites (tertiary alicyclic amines) is 1. The highest BCUT2D eigenvalue weighted by Crippen LogP contribution is 2.68. The molecule has 2 fully saturated rings. The van der Waals surface area contributed by atoms with Crippen LogP contribution in [0.3, 0.4) is 0 Å². The van der Waals surface area contributed by atoms with Crippen LogP contribution in [-0.2, 0) is 0 Å². The fraction of sp³-hybridized carbons (Fsp3) is 1.00. The number of hydrogen-bond acceptors (Lipinski definition) is 1. The van der Waals surface area contributed by atoms with Crippen molar-refractivity contribution in [2.45, 2.75) is 66.8 Å². The van der Waals surface area contributed by atoms with Crippen molar-refractivity contribution in [2.75, 3.05) is 13.1 Å². The van der Waals surface area contributed by atoms with Crippen LogP contribution >= 0.6 is 0 Å². The maximum Gasteiger partial charge on any atom is 0.00647 e. The summed E-state index contributed by atoms with van der Waals surface area (Å²) in [7, 11) is 0. The van der Waals surface area contributed by atoms with Crippen LogP contribution in [0.15, 0.2) is 0 Å². The van der Waals surface area contributed by atoms with E-state index in [4.69, 9.17) is 0 Å². The lowest BCUT2D eigenvalue weighted by Crippen LogP contribution is -2.57. The Bertz CT molecular complexity index is 285. The maximum atomic E-state index is 2.77. The molecule has 0 aromatic heterocycles. The summed E-state index contributed by atoms with van der Waals surface area (Å²) >= 11 is 0. The topological polar surface area (TPSA) is 3.24 Å². The molecule has 1 aliphatic carbocycles. The predicted molar refractivity (Wildman–Crippen MR) is 75.1 cm³/mol. The van der Waals surface area contributed by atoms with Crippen molar-refractivity contribution in [1.82, 2.24) is 4.90 Å². The van der Waals surface area contributed by atoms with E-state index in [1.165, 1.54) is 32.4 Å². The predicted octanol–water partition coefficient (Wildman–Crippen LogP) is 4.18. The first-order valence-electron chi connectivity index (χ1n) is 7.64. The van der Waals surface area contributed by atoms with E-state index in [0.717, 1.165) is 17.9 Å². The van der Waals surface area contributed by atoms with E-state index in [0.29, 0.717) is 10.8 Å². The molecule has 0 N–H and O–H groups in total. The van der Waals surface area contributed by atoms with Crippen molar-refractivity contribution in [3.8, 4) is 0 Å². The third-order valence-corrected chi connectivity index (χ3v) is 6.27. The summed E-state index contributed by atoms with van der Waals surface area (Å²) in [6.07, 6.45) is 4.13. The Morgan fingerprint density at radius 1 is 1.18 bits per heavy atom. The van der Waals surface area contributed by atoms with E-state index in [2.05, 4.69) is 46.4 Å². The molecule has 1 heteroatoms. The first-order chi connectivity index (χ1) is 7.90. The van der Waals surface area contributed by atoms with Crippen LogP contribution in [0.2, 0.25) is 0 Å². The second-order valence-corrected chi connectivity index (χ2v) is 7.29. The second-order valence-electron chi connectivity index (χ2n) is 7.29. The summed E-state index contributed by atoms with van der Waals surface area (Å²) in [5.74, 6) is 1.83. The van der Waals surface area contributed by atoms with E-state index in [-0.39, 0.29) is 0 Å². The van der Waals surface area contributed by atoms with Gasteiger partial charge in [0.1, 0.15) is 0 Å². The van der Waals surface area contributed by atoms with E-state index in [1.807, 2.05) is 0 Å². The van der Waals surface area contributed by atoms with Gasteiger partial charge in [-0.25, -0.2) is 0 Å². The normalized spacial score (nSPS) is 43.6. The Labute approximate surface area is 108 Å². The molecule has 100 valence electrons. The van der Waals surface area contributed by atoms with E-state index >= 15 is 0 Å². The van der Waals surface area contributed by atoms with Gasteiger partial charge in [0.25, 0.3) is 0 Å².